The van der Waals surface area contributed by atoms with Gasteiger partial charge in [-0.05, 0) is 24.5 Å². The fourth-order valence-corrected chi connectivity index (χ4v) is 4.30. The molecule has 26 heavy (non-hydrogen) atoms. The minimum atomic E-state index is -0.243. The molecule has 1 fully saturated rings. The van der Waals surface area contributed by atoms with Gasteiger partial charge in [0.15, 0.2) is 0 Å². The van der Waals surface area contributed by atoms with Gasteiger partial charge < -0.3 is 15.2 Å². The van der Waals surface area contributed by atoms with Gasteiger partial charge in [-0.25, -0.2) is 0 Å². The Hall–Kier alpha value is -1.94. The zero-order valence-corrected chi connectivity index (χ0v) is 15.3. The molecule has 3 nitrogen and oxygen atoms in total. The molecule has 0 aliphatic heterocycles. The van der Waals surface area contributed by atoms with Crippen molar-refractivity contribution in [3.63, 3.8) is 0 Å². The molecular formula is C23H27NO2. The van der Waals surface area contributed by atoms with Crippen molar-refractivity contribution in [3.8, 4) is 0 Å². The third-order valence-corrected chi connectivity index (χ3v) is 5.67. The average Bonchev–Trinajstić information content (AvgIpc) is 2.66. The van der Waals surface area contributed by atoms with Crippen molar-refractivity contribution < 1.29 is 9.47 Å². The molecule has 3 heteroatoms. The van der Waals surface area contributed by atoms with E-state index in [2.05, 4.69) is 43.3 Å². The lowest BCUT2D eigenvalue weighted by Crippen LogP contribution is -2.62. The Labute approximate surface area is 155 Å². The number of fused-ring (bicyclic) bond motifs is 2. The summed E-state index contributed by atoms with van der Waals surface area (Å²) in [6.45, 7) is 3.33. The lowest BCUT2D eigenvalue weighted by atomic mass is 9.62. The Morgan fingerprint density at radius 2 is 1.38 bits per heavy atom. The predicted molar refractivity (Wildman–Crippen MR) is 103 cm³/mol. The van der Waals surface area contributed by atoms with E-state index in [1.165, 1.54) is 11.1 Å². The van der Waals surface area contributed by atoms with Crippen LogP contribution in [0, 0.1) is 11.8 Å². The SMILES string of the molecule is C[C@]1(N)C[C@@H]2C=C[C@H]1[C@@H](OCc1ccccc1)[C@@H]2OCc1ccccc1. The molecule has 5 atom stereocenters. The van der Waals surface area contributed by atoms with Crippen molar-refractivity contribution in [2.45, 2.75) is 44.3 Å². The standard InChI is InChI=1S/C23H27NO2/c1-23(24)14-19-12-13-20(23)22(26-16-18-10-6-3-7-11-18)21(19)25-15-17-8-4-2-5-9-17/h2-13,19-22H,14-16,24H2,1H3/t19-,20-,21+,22+,23-/m0/s1. The quantitative estimate of drug-likeness (QED) is 0.799. The molecule has 3 aliphatic carbocycles. The molecule has 0 aromatic heterocycles. The van der Waals surface area contributed by atoms with E-state index in [1.807, 2.05) is 36.4 Å². The van der Waals surface area contributed by atoms with E-state index in [9.17, 15) is 0 Å². The summed E-state index contributed by atoms with van der Waals surface area (Å²) in [6.07, 6.45) is 5.49. The van der Waals surface area contributed by atoms with Crippen LogP contribution in [0.25, 0.3) is 0 Å². The second-order valence-electron chi connectivity index (χ2n) is 7.81. The van der Waals surface area contributed by atoms with Crippen molar-refractivity contribution in [2.24, 2.45) is 17.6 Å². The molecule has 0 radical (unpaired) electrons. The Morgan fingerprint density at radius 3 is 1.92 bits per heavy atom. The number of hydrogen-bond donors (Lipinski definition) is 1. The summed E-state index contributed by atoms with van der Waals surface area (Å²) in [5.41, 5.74) is 8.73. The highest BCUT2D eigenvalue weighted by Crippen LogP contribution is 2.45. The molecule has 0 spiro atoms. The van der Waals surface area contributed by atoms with Crippen LogP contribution in [0.3, 0.4) is 0 Å². The van der Waals surface area contributed by atoms with Gasteiger partial charge >= 0.3 is 0 Å². The van der Waals surface area contributed by atoms with Crippen LogP contribution >= 0.6 is 0 Å². The zero-order chi connectivity index (χ0) is 18.0. The first kappa shape index (κ1) is 17.5. The van der Waals surface area contributed by atoms with E-state index < -0.39 is 0 Å². The van der Waals surface area contributed by atoms with E-state index in [1.54, 1.807) is 0 Å². The second kappa shape index (κ2) is 7.36. The molecule has 1 saturated carbocycles. The number of hydrogen-bond acceptors (Lipinski definition) is 3. The Balaban J connectivity index is 1.49. The van der Waals surface area contributed by atoms with Gasteiger partial charge in [-0.2, -0.15) is 0 Å². The number of ether oxygens (including phenoxy) is 2. The van der Waals surface area contributed by atoms with Crippen molar-refractivity contribution in [3.05, 3.63) is 83.9 Å². The summed E-state index contributed by atoms with van der Waals surface area (Å²) in [4.78, 5) is 0. The van der Waals surface area contributed by atoms with Crippen molar-refractivity contribution >= 4 is 0 Å². The summed E-state index contributed by atoms with van der Waals surface area (Å²) >= 11 is 0. The monoisotopic (exact) mass is 349 g/mol. The maximum absolute atomic E-state index is 6.61. The normalized spacial score (nSPS) is 32.7. The fourth-order valence-electron chi connectivity index (χ4n) is 4.30. The van der Waals surface area contributed by atoms with Gasteiger partial charge in [0, 0.05) is 17.4 Å². The summed E-state index contributed by atoms with van der Waals surface area (Å²) in [6, 6.07) is 20.6. The highest BCUT2D eigenvalue weighted by Gasteiger charge is 2.51. The molecule has 2 aromatic carbocycles. The number of rotatable bonds is 6. The molecule has 2 N–H and O–H groups in total. The van der Waals surface area contributed by atoms with Gasteiger partial charge in [0.05, 0.1) is 25.4 Å². The summed E-state index contributed by atoms with van der Waals surface area (Å²) in [7, 11) is 0. The average molecular weight is 349 g/mol. The molecule has 0 amide bonds. The third kappa shape index (κ3) is 3.61. The first-order valence-corrected chi connectivity index (χ1v) is 9.42. The van der Waals surface area contributed by atoms with Crippen LogP contribution in [-0.2, 0) is 22.7 Å². The minimum absolute atomic E-state index is 0.0160. The van der Waals surface area contributed by atoms with Gasteiger partial charge in [0.2, 0.25) is 0 Å². The van der Waals surface area contributed by atoms with Gasteiger partial charge in [-0.3, -0.25) is 0 Å². The Morgan fingerprint density at radius 1 is 0.846 bits per heavy atom. The van der Waals surface area contributed by atoms with Crippen LogP contribution in [0.5, 0.6) is 0 Å². The molecular weight excluding hydrogens is 322 g/mol. The van der Waals surface area contributed by atoms with Crippen molar-refractivity contribution in [1.82, 2.24) is 0 Å². The Kier molecular flexibility index (Phi) is 4.94. The van der Waals surface area contributed by atoms with Crippen LogP contribution in [0.1, 0.15) is 24.5 Å². The van der Waals surface area contributed by atoms with E-state index in [-0.39, 0.29) is 23.7 Å². The van der Waals surface area contributed by atoms with Crippen LogP contribution in [0.4, 0.5) is 0 Å². The summed E-state index contributed by atoms with van der Waals surface area (Å²) in [5, 5.41) is 0. The minimum Gasteiger partial charge on any atom is -0.370 e. The maximum atomic E-state index is 6.61. The largest absolute Gasteiger partial charge is 0.370 e. The van der Waals surface area contributed by atoms with E-state index in [0.717, 1.165) is 6.42 Å². The van der Waals surface area contributed by atoms with Crippen LogP contribution in [0.2, 0.25) is 0 Å². The third-order valence-electron chi connectivity index (χ3n) is 5.67. The first-order chi connectivity index (χ1) is 12.6. The highest BCUT2D eigenvalue weighted by atomic mass is 16.5. The van der Waals surface area contributed by atoms with Crippen LogP contribution < -0.4 is 5.73 Å². The molecule has 0 unspecified atom stereocenters. The number of nitrogens with two attached hydrogens (primary N) is 1. The van der Waals surface area contributed by atoms with Crippen LogP contribution in [-0.4, -0.2) is 17.7 Å². The van der Waals surface area contributed by atoms with Crippen LogP contribution in [0.15, 0.2) is 72.8 Å². The first-order valence-electron chi connectivity index (χ1n) is 9.42. The lowest BCUT2D eigenvalue weighted by molar-refractivity contribution is -0.156. The maximum Gasteiger partial charge on any atom is 0.0927 e. The molecule has 0 saturated heterocycles. The second-order valence-corrected chi connectivity index (χ2v) is 7.81. The molecule has 2 bridgehead atoms. The molecule has 2 aromatic rings. The molecule has 5 rings (SSSR count). The highest BCUT2D eigenvalue weighted by molar-refractivity contribution is 5.21. The van der Waals surface area contributed by atoms with Gasteiger partial charge in [0.25, 0.3) is 0 Å². The smallest absolute Gasteiger partial charge is 0.0927 e. The van der Waals surface area contributed by atoms with Gasteiger partial charge in [-0.1, -0.05) is 72.8 Å². The van der Waals surface area contributed by atoms with Gasteiger partial charge in [0.1, 0.15) is 0 Å². The van der Waals surface area contributed by atoms with E-state index >= 15 is 0 Å². The fraction of sp³-hybridized carbons (Fsp3) is 0.391. The molecule has 0 heterocycles. The molecule has 136 valence electrons. The van der Waals surface area contributed by atoms with Crippen molar-refractivity contribution in [1.29, 1.82) is 0 Å². The summed E-state index contributed by atoms with van der Waals surface area (Å²) < 4.78 is 12.7. The molecule has 3 aliphatic rings. The topological polar surface area (TPSA) is 44.5 Å². The lowest BCUT2D eigenvalue weighted by Gasteiger charge is -2.52. The summed E-state index contributed by atoms with van der Waals surface area (Å²) in [5.74, 6) is 0.483. The van der Waals surface area contributed by atoms with E-state index in [0.29, 0.717) is 19.1 Å². The predicted octanol–water partition coefficient (Wildman–Crippen LogP) is 4.08. The van der Waals surface area contributed by atoms with E-state index in [4.69, 9.17) is 15.2 Å². The van der Waals surface area contributed by atoms with Gasteiger partial charge in [-0.15, -0.1) is 0 Å². The zero-order valence-electron chi connectivity index (χ0n) is 15.3. The van der Waals surface area contributed by atoms with Crippen molar-refractivity contribution in [2.75, 3.05) is 0 Å². The number of benzene rings is 2. The Bertz CT molecular complexity index is 741.